The molecule has 33 heavy (non-hydrogen) atoms. The van der Waals surface area contributed by atoms with E-state index in [0.717, 1.165) is 22.4 Å². The highest BCUT2D eigenvalue weighted by molar-refractivity contribution is 6.15. The minimum atomic E-state index is -0.0318. The molecular weight excluding hydrogens is 399 g/mol. The summed E-state index contributed by atoms with van der Waals surface area (Å²) in [5.74, 6) is 0.997. The van der Waals surface area contributed by atoms with Crippen molar-refractivity contribution in [3.05, 3.63) is 83.4 Å². The van der Waals surface area contributed by atoms with Crippen molar-refractivity contribution in [3.63, 3.8) is 0 Å². The predicted molar refractivity (Wildman–Crippen MR) is 145 cm³/mol. The molecule has 3 heteroatoms. The smallest absolute Gasteiger partial charge is 0.145 e. The standard InChI is InChI=1S/C30H37BN2/c1-28(2,3)22-18-21(30(7,8)31)19-23(29(4,5)6)26(22)33-25-17-13-12-16-24(25)32-27(33)20-14-10-9-11-15-20/h9-19H,31H2,1-8H3. The fourth-order valence-corrected chi connectivity index (χ4v) is 4.49. The molecular formula is C30H37BN2. The Bertz CT molecular complexity index is 1260. The van der Waals surface area contributed by atoms with Crippen molar-refractivity contribution in [2.24, 2.45) is 0 Å². The van der Waals surface area contributed by atoms with Gasteiger partial charge in [-0.25, -0.2) is 4.98 Å². The van der Waals surface area contributed by atoms with Gasteiger partial charge in [-0.1, -0.05) is 110 Å². The van der Waals surface area contributed by atoms with E-state index in [0.29, 0.717) is 0 Å². The van der Waals surface area contributed by atoms with Crippen LogP contribution < -0.4 is 0 Å². The first-order chi connectivity index (χ1) is 15.3. The molecule has 1 heterocycles. The Morgan fingerprint density at radius 2 is 1.21 bits per heavy atom. The molecule has 2 nitrogen and oxygen atoms in total. The lowest BCUT2D eigenvalue weighted by molar-refractivity contribution is 0.558. The minimum absolute atomic E-state index is 0.0318. The summed E-state index contributed by atoms with van der Waals surface area (Å²) in [4.78, 5) is 5.14. The van der Waals surface area contributed by atoms with Crippen LogP contribution in [0.3, 0.4) is 0 Å². The monoisotopic (exact) mass is 436 g/mol. The Labute approximate surface area is 200 Å². The summed E-state index contributed by atoms with van der Waals surface area (Å²) in [6.45, 7) is 18.6. The van der Waals surface area contributed by atoms with Gasteiger partial charge in [0.15, 0.2) is 0 Å². The summed E-state index contributed by atoms with van der Waals surface area (Å²) in [5, 5.41) is 0.0673. The SMILES string of the molecule is BC(C)(C)c1cc(C(C)(C)C)c(-n2c(-c3ccccc3)nc3ccccc32)c(C(C)(C)C)c1. The van der Waals surface area contributed by atoms with Crippen LogP contribution in [-0.2, 0) is 16.1 Å². The van der Waals surface area contributed by atoms with Crippen molar-refractivity contribution in [1.82, 2.24) is 9.55 Å². The Balaban J connectivity index is 2.23. The van der Waals surface area contributed by atoms with Gasteiger partial charge in [0.05, 0.1) is 16.7 Å². The molecule has 0 bridgehead atoms. The highest BCUT2D eigenvalue weighted by Gasteiger charge is 2.31. The molecule has 0 radical (unpaired) electrons. The van der Waals surface area contributed by atoms with Crippen LogP contribution in [0.1, 0.15) is 72.1 Å². The molecule has 1 aromatic heterocycles. The average Bonchev–Trinajstić information content (AvgIpc) is 3.11. The van der Waals surface area contributed by atoms with E-state index >= 15 is 0 Å². The second-order valence-electron chi connectivity index (χ2n) is 12.3. The number of para-hydroxylation sites is 2. The van der Waals surface area contributed by atoms with Crippen LogP contribution in [0.25, 0.3) is 28.1 Å². The zero-order valence-corrected chi connectivity index (χ0v) is 21.7. The first-order valence-electron chi connectivity index (χ1n) is 12.0. The van der Waals surface area contributed by atoms with Gasteiger partial charge in [-0.15, -0.1) is 0 Å². The Hall–Kier alpha value is -2.81. The molecule has 0 N–H and O–H groups in total. The number of fused-ring (bicyclic) bond motifs is 1. The third-order valence-corrected chi connectivity index (χ3v) is 6.41. The van der Waals surface area contributed by atoms with Gasteiger partial charge in [0.1, 0.15) is 13.7 Å². The second kappa shape index (κ2) is 7.90. The molecule has 0 aliphatic heterocycles. The van der Waals surface area contributed by atoms with Crippen molar-refractivity contribution in [1.29, 1.82) is 0 Å². The first-order valence-corrected chi connectivity index (χ1v) is 12.0. The maximum absolute atomic E-state index is 5.14. The average molecular weight is 436 g/mol. The van der Waals surface area contributed by atoms with E-state index in [1.54, 1.807) is 0 Å². The molecule has 0 atom stereocenters. The van der Waals surface area contributed by atoms with Crippen molar-refractivity contribution in [2.45, 2.75) is 71.5 Å². The topological polar surface area (TPSA) is 17.8 Å². The van der Waals surface area contributed by atoms with Crippen molar-refractivity contribution < 1.29 is 0 Å². The van der Waals surface area contributed by atoms with Gasteiger partial charge in [-0.3, -0.25) is 4.57 Å². The van der Waals surface area contributed by atoms with Gasteiger partial charge in [0.2, 0.25) is 0 Å². The highest BCUT2D eigenvalue weighted by atomic mass is 15.1. The number of nitrogens with zero attached hydrogens (tertiary/aromatic N) is 2. The maximum atomic E-state index is 5.14. The number of hydrogen-bond donors (Lipinski definition) is 0. The lowest BCUT2D eigenvalue weighted by Gasteiger charge is -2.34. The first kappa shape index (κ1) is 23.4. The summed E-state index contributed by atoms with van der Waals surface area (Å²) in [6.07, 6.45) is 0. The summed E-state index contributed by atoms with van der Waals surface area (Å²) >= 11 is 0. The van der Waals surface area contributed by atoms with Crippen LogP contribution in [0.4, 0.5) is 0 Å². The Morgan fingerprint density at radius 1 is 0.697 bits per heavy atom. The number of rotatable bonds is 3. The molecule has 0 spiro atoms. The number of benzene rings is 3. The van der Waals surface area contributed by atoms with Crippen LogP contribution in [0.15, 0.2) is 66.7 Å². The lowest BCUT2D eigenvalue weighted by atomic mass is 9.65. The van der Waals surface area contributed by atoms with Crippen LogP contribution >= 0.6 is 0 Å². The Kier molecular flexibility index (Phi) is 5.59. The molecule has 4 aromatic rings. The van der Waals surface area contributed by atoms with Crippen molar-refractivity contribution in [3.8, 4) is 17.1 Å². The van der Waals surface area contributed by atoms with Crippen molar-refractivity contribution in [2.75, 3.05) is 0 Å². The van der Waals surface area contributed by atoms with Gasteiger partial charge < -0.3 is 0 Å². The molecule has 0 amide bonds. The molecule has 0 saturated heterocycles. The summed E-state index contributed by atoms with van der Waals surface area (Å²) < 4.78 is 2.41. The van der Waals surface area contributed by atoms with E-state index in [-0.39, 0.29) is 16.1 Å². The quantitative estimate of drug-likeness (QED) is 0.312. The van der Waals surface area contributed by atoms with E-state index in [1.807, 2.05) is 0 Å². The number of hydrogen-bond acceptors (Lipinski definition) is 1. The third-order valence-electron chi connectivity index (χ3n) is 6.41. The largest absolute Gasteiger partial charge is 0.292 e. The van der Waals surface area contributed by atoms with Gasteiger partial charge in [-0.2, -0.15) is 0 Å². The van der Waals surface area contributed by atoms with E-state index in [2.05, 4.69) is 135 Å². The maximum Gasteiger partial charge on any atom is 0.145 e. The molecule has 0 saturated carbocycles. The fraction of sp³-hybridized carbons (Fsp3) is 0.367. The molecule has 0 fully saturated rings. The number of aromatic nitrogens is 2. The van der Waals surface area contributed by atoms with Gasteiger partial charge in [0, 0.05) is 5.56 Å². The van der Waals surface area contributed by atoms with Crippen molar-refractivity contribution >= 4 is 18.9 Å². The van der Waals surface area contributed by atoms with E-state index in [4.69, 9.17) is 4.98 Å². The molecule has 0 aliphatic rings. The van der Waals surface area contributed by atoms with Gasteiger partial charge in [0.25, 0.3) is 0 Å². The Morgan fingerprint density at radius 3 is 1.73 bits per heavy atom. The van der Waals surface area contributed by atoms with Crippen LogP contribution in [0.5, 0.6) is 0 Å². The lowest BCUT2D eigenvalue weighted by Crippen LogP contribution is -2.26. The second-order valence-corrected chi connectivity index (χ2v) is 12.3. The highest BCUT2D eigenvalue weighted by Crippen LogP contribution is 2.42. The summed E-state index contributed by atoms with van der Waals surface area (Å²) in [7, 11) is 2.31. The molecule has 4 rings (SSSR count). The summed E-state index contributed by atoms with van der Waals surface area (Å²) in [6, 6.07) is 24.0. The van der Waals surface area contributed by atoms with Crippen LogP contribution in [-0.4, -0.2) is 17.4 Å². The van der Waals surface area contributed by atoms with Crippen LogP contribution in [0.2, 0.25) is 0 Å². The zero-order valence-electron chi connectivity index (χ0n) is 21.7. The summed E-state index contributed by atoms with van der Waals surface area (Å²) in [5.41, 5.74) is 8.62. The molecule has 0 aliphatic carbocycles. The van der Waals surface area contributed by atoms with Gasteiger partial charge >= 0.3 is 0 Å². The van der Waals surface area contributed by atoms with Gasteiger partial charge in [-0.05, 0) is 45.0 Å². The van der Waals surface area contributed by atoms with E-state index in [1.165, 1.54) is 22.4 Å². The normalized spacial score (nSPS) is 13.0. The van der Waals surface area contributed by atoms with E-state index in [9.17, 15) is 0 Å². The van der Waals surface area contributed by atoms with E-state index < -0.39 is 0 Å². The fourth-order valence-electron chi connectivity index (χ4n) is 4.49. The molecule has 3 aromatic carbocycles. The third kappa shape index (κ3) is 4.38. The molecule has 0 unspecified atom stereocenters. The zero-order chi connectivity index (χ0) is 24.2. The molecule has 170 valence electrons. The predicted octanol–water partition coefficient (Wildman–Crippen LogP) is 7.16. The van der Waals surface area contributed by atoms with Crippen LogP contribution in [0, 0.1) is 0 Å². The minimum Gasteiger partial charge on any atom is -0.292 e. The number of imidazole rings is 1.